The fraction of sp³-hybridized carbons (Fsp3) is 0.385. The Morgan fingerprint density at radius 3 is 2.32 bits per heavy atom. The van der Waals surface area contributed by atoms with Crippen molar-refractivity contribution in [2.24, 2.45) is 0 Å². The predicted octanol–water partition coefficient (Wildman–Crippen LogP) is 3.47. The summed E-state index contributed by atoms with van der Waals surface area (Å²) in [5.41, 5.74) is 0.988. The molecular formula is C26H32N2O6. The molecule has 0 aromatic heterocycles. The van der Waals surface area contributed by atoms with Gasteiger partial charge in [0.15, 0.2) is 11.5 Å². The van der Waals surface area contributed by atoms with E-state index in [2.05, 4.69) is 0 Å². The molecule has 8 heteroatoms. The molecular weight excluding hydrogens is 436 g/mol. The first kappa shape index (κ1) is 25.1. The van der Waals surface area contributed by atoms with Crippen molar-refractivity contribution in [2.45, 2.75) is 26.0 Å². The number of hydrogen-bond donors (Lipinski definition) is 1. The number of likely N-dealkylation sites (tertiary alicyclic amines) is 1. The van der Waals surface area contributed by atoms with Gasteiger partial charge in [-0.1, -0.05) is 18.2 Å². The first-order valence-electron chi connectivity index (χ1n) is 11.1. The zero-order valence-electron chi connectivity index (χ0n) is 20.5. The molecule has 0 aliphatic carbocycles. The Balaban J connectivity index is 2.22. The zero-order valence-corrected chi connectivity index (χ0v) is 20.5. The lowest BCUT2D eigenvalue weighted by Crippen LogP contribution is -2.35. The topological polar surface area (TPSA) is 88.5 Å². The van der Waals surface area contributed by atoms with Crippen LogP contribution in [0.5, 0.6) is 17.2 Å². The largest absolute Gasteiger partial charge is 0.507 e. The number of carbonyl (C=O) groups excluding carboxylic acids is 2. The predicted molar refractivity (Wildman–Crippen MR) is 129 cm³/mol. The number of ether oxygens (including phenoxy) is 3. The van der Waals surface area contributed by atoms with Crippen LogP contribution in [0.1, 0.15) is 31.0 Å². The number of amides is 1. The number of para-hydroxylation sites is 1. The molecule has 1 N–H and O–H groups in total. The van der Waals surface area contributed by atoms with Gasteiger partial charge in [-0.05, 0) is 52.2 Å². The van der Waals surface area contributed by atoms with E-state index in [0.29, 0.717) is 41.5 Å². The fourth-order valence-corrected chi connectivity index (χ4v) is 3.95. The van der Waals surface area contributed by atoms with Gasteiger partial charge in [-0.2, -0.15) is 0 Å². The first-order valence-corrected chi connectivity index (χ1v) is 11.1. The van der Waals surface area contributed by atoms with E-state index in [0.717, 1.165) is 0 Å². The first-order chi connectivity index (χ1) is 16.2. The Morgan fingerprint density at radius 2 is 1.71 bits per heavy atom. The van der Waals surface area contributed by atoms with E-state index in [1.165, 1.54) is 19.1 Å². The number of aliphatic hydroxyl groups excluding tert-OH is 1. The van der Waals surface area contributed by atoms with Gasteiger partial charge < -0.3 is 29.1 Å². The third kappa shape index (κ3) is 5.02. The number of carbonyl (C=O) groups is 2. The quantitative estimate of drug-likeness (QED) is 0.342. The number of likely N-dealkylation sites (N-methyl/N-ethyl adjacent to an activating group) is 1. The molecule has 3 rings (SSSR count). The highest BCUT2D eigenvalue weighted by molar-refractivity contribution is 6.46. The van der Waals surface area contributed by atoms with Crippen molar-refractivity contribution in [3.8, 4) is 17.2 Å². The second-order valence-corrected chi connectivity index (χ2v) is 8.57. The highest BCUT2D eigenvalue weighted by Crippen LogP contribution is 2.43. The fourth-order valence-electron chi connectivity index (χ4n) is 3.95. The molecule has 2 aromatic rings. The van der Waals surface area contributed by atoms with E-state index in [1.807, 2.05) is 51.0 Å². The van der Waals surface area contributed by atoms with Crippen molar-refractivity contribution < 1.29 is 28.9 Å². The molecule has 34 heavy (non-hydrogen) atoms. The highest BCUT2D eigenvalue weighted by Gasteiger charge is 2.47. The van der Waals surface area contributed by atoms with Crippen molar-refractivity contribution >= 4 is 17.4 Å². The van der Waals surface area contributed by atoms with E-state index in [4.69, 9.17) is 14.2 Å². The Hall–Kier alpha value is -3.52. The Morgan fingerprint density at radius 1 is 1.03 bits per heavy atom. The normalized spacial score (nSPS) is 17.5. The molecule has 1 saturated heterocycles. The van der Waals surface area contributed by atoms with Gasteiger partial charge in [-0.15, -0.1) is 0 Å². The SMILES string of the molecule is COc1ccc(/C(O)=C2/C(=O)C(=O)N(CCN(C)C)C2c2ccccc2OC(C)C)cc1OC. The molecule has 0 bridgehead atoms. The van der Waals surface area contributed by atoms with Crippen LogP contribution in [0.25, 0.3) is 5.76 Å². The maximum Gasteiger partial charge on any atom is 0.295 e. The summed E-state index contributed by atoms with van der Waals surface area (Å²) in [4.78, 5) is 29.8. The van der Waals surface area contributed by atoms with Crippen LogP contribution in [0.15, 0.2) is 48.0 Å². The monoisotopic (exact) mass is 468 g/mol. The van der Waals surface area contributed by atoms with Crippen LogP contribution in [0, 0.1) is 0 Å². The molecule has 1 amide bonds. The summed E-state index contributed by atoms with van der Waals surface area (Å²) in [5.74, 6) is -0.247. The smallest absolute Gasteiger partial charge is 0.295 e. The van der Waals surface area contributed by atoms with Gasteiger partial charge in [0.2, 0.25) is 0 Å². The molecule has 0 saturated carbocycles. The molecule has 0 radical (unpaired) electrons. The van der Waals surface area contributed by atoms with Crippen molar-refractivity contribution in [1.82, 2.24) is 9.80 Å². The summed E-state index contributed by atoms with van der Waals surface area (Å²) in [6.45, 7) is 4.67. The molecule has 1 unspecified atom stereocenters. The van der Waals surface area contributed by atoms with Crippen LogP contribution in [-0.4, -0.2) is 74.1 Å². The number of rotatable bonds is 9. The molecule has 182 valence electrons. The minimum atomic E-state index is -0.803. The highest BCUT2D eigenvalue weighted by atomic mass is 16.5. The van der Waals surface area contributed by atoms with E-state index >= 15 is 0 Å². The van der Waals surface area contributed by atoms with E-state index in [9.17, 15) is 14.7 Å². The lowest BCUT2D eigenvalue weighted by molar-refractivity contribution is -0.140. The van der Waals surface area contributed by atoms with Crippen LogP contribution < -0.4 is 14.2 Å². The third-order valence-corrected chi connectivity index (χ3v) is 5.56. The van der Waals surface area contributed by atoms with Crippen LogP contribution in [0.3, 0.4) is 0 Å². The summed E-state index contributed by atoms with van der Waals surface area (Å²) >= 11 is 0. The van der Waals surface area contributed by atoms with Gasteiger partial charge >= 0.3 is 0 Å². The molecule has 1 fully saturated rings. The minimum absolute atomic E-state index is 0.00998. The average molecular weight is 469 g/mol. The summed E-state index contributed by atoms with van der Waals surface area (Å²) in [6.07, 6.45) is -0.115. The number of aliphatic hydroxyl groups is 1. The number of hydrogen-bond acceptors (Lipinski definition) is 7. The van der Waals surface area contributed by atoms with Crippen molar-refractivity contribution in [1.29, 1.82) is 0 Å². The van der Waals surface area contributed by atoms with Crippen molar-refractivity contribution in [3.05, 3.63) is 59.2 Å². The van der Waals surface area contributed by atoms with E-state index in [1.54, 1.807) is 24.3 Å². The Kier molecular flexibility index (Phi) is 7.83. The summed E-state index contributed by atoms with van der Waals surface area (Å²) in [5, 5.41) is 11.3. The molecule has 1 heterocycles. The summed E-state index contributed by atoms with van der Waals surface area (Å²) < 4.78 is 16.6. The van der Waals surface area contributed by atoms with Gasteiger partial charge in [0, 0.05) is 24.2 Å². The molecule has 1 atom stereocenters. The number of benzene rings is 2. The number of ketones is 1. The number of nitrogens with zero attached hydrogens (tertiary/aromatic N) is 2. The van der Waals surface area contributed by atoms with Crippen LogP contribution in [0.2, 0.25) is 0 Å². The maximum absolute atomic E-state index is 13.3. The molecule has 1 aliphatic rings. The van der Waals surface area contributed by atoms with Crippen molar-refractivity contribution in [2.75, 3.05) is 41.4 Å². The van der Waals surface area contributed by atoms with Gasteiger partial charge in [0.1, 0.15) is 11.5 Å². The average Bonchev–Trinajstić information content (AvgIpc) is 3.06. The van der Waals surface area contributed by atoms with Crippen molar-refractivity contribution in [3.63, 3.8) is 0 Å². The zero-order chi connectivity index (χ0) is 25.0. The summed E-state index contributed by atoms with van der Waals surface area (Å²) in [6, 6.07) is 11.3. The second kappa shape index (κ2) is 10.6. The number of methoxy groups -OCH3 is 2. The third-order valence-electron chi connectivity index (χ3n) is 5.56. The second-order valence-electron chi connectivity index (χ2n) is 8.57. The Bertz CT molecular complexity index is 1090. The molecule has 2 aromatic carbocycles. The van der Waals surface area contributed by atoms with Gasteiger partial charge in [-0.3, -0.25) is 9.59 Å². The maximum atomic E-state index is 13.3. The number of Topliss-reactive ketones (excluding diaryl/α,β-unsaturated/α-hetero) is 1. The van der Waals surface area contributed by atoms with Gasteiger partial charge in [0.25, 0.3) is 11.7 Å². The van der Waals surface area contributed by atoms with Gasteiger partial charge in [-0.25, -0.2) is 0 Å². The Labute approximate surface area is 200 Å². The van der Waals surface area contributed by atoms with E-state index < -0.39 is 17.7 Å². The lowest BCUT2D eigenvalue weighted by Gasteiger charge is -2.28. The van der Waals surface area contributed by atoms with Crippen LogP contribution in [0.4, 0.5) is 0 Å². The molecule has 8 nitrogen and oxygen atoms in total. The van der Waals surface area contributed by atoms with Crippen LogP contribution in [-0.2, 0) is 9.59 Å². The van der Waals surface area contributed by atoms with E-state index in [-0.39, 0.29) is 17.4 Å². The lowest BCUT2D eigenvalue weighted by atomic mass is 9.94. The van der Waals surface area contributed by atoms with Crippen LogP contribution >= 0.6 is 0 Å². The molecule has 1 aliphatic heterocycles. The standard InChI is InChI=1S/C26H32N2O6/c1-16(2)34-19-10-8-7-9-18(19)23-22(25(30)26(31)28(23)14-13-27(3)4)24(29)17-11-12-20(32-5)21(15-17)33-6/h7-12,15-16,23,29H,13-14H2,1-6H3/b24-22-. The summed E-state index contributed by atoms with van der Waals surface area (Å²) in [7, 11) is 6.79. The molecule has 0 spiro atoms. The van der Waals surface area contributed by atoms with Gasteiger partial charge in [0.05, 0.1) is 31.9 Å². The minimum Gasteiger partial charge on any atom is -0.507 e.